The van der Waals surface area contributed by atoms with Gasteiger partial charge in [0.1, 0.15) is 10.4 Å². The summed E-state index contributed by atoms with van der Waals surface area (Å²) in [4.78, 5) is 22.9. The molecule has 0 unspecified atom stereocenters. The topological polar surface area (TPSA) is 162 Å². The van der Waals surface area contributed by atoms with Crippen molar-refractivity contribution >= 4 is 38.9 Å². The average molecular weight is 495 g/mol. The minimum Gasteiger partial charge on any atom is -0.402 e. The van der Waals surface area contributed by atoms with Gasteiger partial charge in [0, 0.05) is 55.1 Å². The van der Waals surface area contributed by atoms with Crippen molar-refractivity contribution in [1.29, 1.82) is 5.41 Å². The van der Waals surface area contributed by atoms with Gasteiger partial charge in [-0.1, -0.05) is 6.07 Å². The lowest BCUT2D eigenvalue weighted by Gasteiger charge is -2.38. The number of aromatic nitrogens is 2. The third kappa shape index (κ3) is 5.47. The fourth-order valence-electron chi connectivity index (χ4n) is 4.11. The number of nitrogens with one attached hydrogen (secondary N) is 2. The predicted octanol–water partition coefficient (Wildman–Crippen LogP) is 2.28. The molecule has 0 spiro atoms. The number of benzene rings is 2. The molecule has 1 saturated heterocycles. The molecule has 1 amide bonds. The average Bonchev–Trinajstić information content (AvgIpc) is 2.84. The van der Waals surface area contributed by atoms with Crippen LogP contribution in [-0.2, 0) is 10.0 Å². The number of amides is 1. The van der Waals surface area contributed by atoms with Gasteiger partial charge in [-0.2, -0.15) is 0 Å². The lowest BCUT2D eigenvalue weighted by Crippen LogP contribution is -2.47. The van der Waals surface area contributed by atoms with E-state index in [1.54, 1.807) is 29.2 Å². The molecule has 10 nitrogen and oxygen atoms in total. The van der Waals surface area contributed by atoms with E-state index < -0.39 is 15.6 Å². The highest BCUT2D eigenvalue weighted by Gasteiger charge is 2.34. The second kappa shape index (κ2) is 9.80. The highest BCUT2D eigenvalue weighted by Crippen LogP contribution is 2.29. The van der Waals surface area contributed by atoms with E-state index in [2.05, 4.69) is 14.7 Å². The minimum atomic E-state index is -3.93. The maximum atomic E-state index is 13.0. The molecule has 11 heteroatoms. The number of rotatable bonds is 7. The van der Waals surface area contributed by atoms with Gasteiger partial charge in [0.15, 0.2) is 0 Å². The second-order valence-corrected chi connectivity index (χ2v) is 10.1. The van der Waals surface area contributed by atoms with Crippen molar-refractivity contribution < 1.29 is 18.3 Å². The molecular weight excluding hydrogens is 468 g/mol. The molecule has 1 aromatic heterocycles. The molecule has 0 radical (unpaired) electrons. The van der Waals surface area contributed by atoms with Crippen molar-refractivity contribution in [2.45, 2.75) is 29.8 Å². The summed E-state index contributed by atoms with van der Waals surface area (Å²) in [5.41, 5.74) is 6.71. The number of likely N-dealkylation sites (tertiary alicyclic amines) is 1. The van der Waals surface area contributed by atoms with Crippen LogP contribution in [0.4, 0.5) is 5.69 Å². The number of piperidine rings is 1. The molecule has 2 heterocycles. The molecular formula is C24H26N6O4S. The van der Waals surface area contributed by atoms with Crippen LogP contribution in [-0.4, -0.2) is 59.2 Å². The van der Waals surface area contributed by atoms with Crippen molar-refractivity contribution in [2.24, 2.45) is 5.73 Å². The van der Waals surface area contributed by atoms with Gasteiger partial charge in [-0.15, -0.1) is 0 Å². The van der Waals surface area contributed by atoms with Crippen LogP contribution in [0.25, 0.3) is 11.0 Å². The van der Waals surface area contributed by atoms with Gasteiger partial charge in [-0.3, -0.25) is 19.5 Å². The van der Waals surface area contributed by atoms with Crippen LogP contribution in [0.1, 0.15) is 29.6 Å². The first kappa shape index (κ1) is 24.3. The maximum absolute atomic E-state index is 13.0. The summed E-state index contributed by atoms with van der Waals surface area (Å²) in [6.07, 6.45) is 6.45. The fraction of sp³-hybridized carbons (Fsp3) is 0.250. The number of anilines is 1. The Kier molecular flexibility index (Phi) is 6.81. The number of hydrogen-bond acceptors (Lipinski definition) is 8. The molecule has 35 heavy (non-hydrogen) atoms. The molecule has 0 aliphatic carbocycles. The minimum absolute atomic E-state index is 0.0140. The number of nitrogens with two attached hydrogens (primary N) is 1. The Hall–Kier alpha value is -3.83. The zero-order valence-electron chi connectivity index (χ0n) is 18.9. The number of sulfonamides is 1. The Labute approximate surface area is 203 Å². The fourth-order valence-corrected chi connectivity index (χ4v) is 5.33. The number of aliphatic hydroxyl groups is 1. The summed E-state index contributed by atoms with van der Waals surface area (Å²) in [7, 11) is -3.93. The summed E-state index contributed by atoms with van der Waals surface area (Å²) in [6.45, 7) is 0.730. The lowest BCUT2D eigenvalue weighted by molar-refractivity contribution is -0.0163. The lowest BCUT2D eigenvalue weighted by atomic mass is 9.86. The molecule has 1 aliphatic rings. The number of para-hydroxylation sites is 1. The van der Waals surface area contributed by atoms with Crippen molar-refractivity contribution in [3.05, 3.63) is 72.2 Å². The van der Waals surface area contributed by atoms with Crippen molar-refractivity contribution in [1.82, 2.24) is 14.9 Å². The molecule has 0 saturated carbocycles. The molecule has 0 atom stereocenters. The van der Waals surface area contributed by atoms with Gasteiger partial charge in [0.25, 0.3) is 15.9 Å². The summed E-state index contributed by atoms with van der Waals surface area (Å²) < 4.78 is 28.4. The molecule has 2 aromatic carbocycles. The first-order valence-corrected chi connectivity index (χ1v) is 12.5. The SMILES string of the molecule is N=CC=C(N)CC1(O)CCN(C(=O)c2ccc(NS(=O)(=O)c3cccc4nccnc34)cc2)CC1. The molecule has 4 rings (SSSR count). The second-order valence-electron chi connectivity index (χ2n) is 8.46. The Bertz CT molecular complexity index is 1380. The van der Waals surface area contributed by atoms with Crippen molar-refractivity contribution in [3.63, 3.8) is 0 Å². The van der Waals surface area contributed by atoms with Crippen LogP contribution in [0.2, 0.25) is 0 Å². The number of fused-ring (bicyclic) bond motifs is 1. The monoisotopic (exact) mass is 494 g/mol. The summed E-state index contributed by atoms with van der Waals surface area (Å²) in [6, 6.07) is 10.9. The van der Waals surface area contributed by atoms with E-state index in [1.807, 2.05) is 0 Å². The normalized spacial score (nSPS) is 16.1. The van der Waals surface area contributed by atoms with Crippen molar-refractivity contribution in [3.8, 4) is 0 Å². The predicted molar refractivity (Wildman–Crippen MR) is 133 cm³/mol. The molecule has 1 aliphatic heterocycles. The third-order valence-electron chi connectivity index (χ3n) is 5.95. The third-order valence-corrected chi connectivity index (χ3v) is 7.36. The Balaban J connectivity index is 1.42. The zero-order chi connectivity index (χ0) is 25.1. The summed E-state index contributed by atoms with van der Waals surface area (Å²) >= 11 is 0. The highest BCUT2D eigenvalue weighted by atomic mass is 32.2. The molecule has 5 N–H and O–H groups in total. The van der Waals surface area contributed by atoms with E-state index in [0.717, 1.165) is 6.21 Å². The maximum Gasteiger partial charge on any atom is 0.264 e. The van der Waals surface area contributed by atoms with Crippen LogP contribution < -0.4 is 10.5 Å². The van der Waals surface area contributed by atoms with E-state index in [4.69, 9.17) is 11.1 Å². The van der Waals surface area contributed by atoms with Crippen LogP contribution >= 0.6 is 0 Å². The van der Waals surface area contributed by atoms with Crippen LogP contribution in [0.3, 0.4) is 0 Å². The first-order chi connectivity index (χ1) is 16.7. The number of hydrogen-bond donors (Lipinski definition) is 4. The summed E-state index contributed by atoms with van der Waals surface area (Å²) in [5.74, 6) is -0.200. The van der Waals surface area contributed by atoms with Gasteiger partial charge in [0.2, 0.25) is 0 Å². The number of nitrogens with zero attached hydrogens (tertiary/aromatic N) is 3. The van der Waals surface area contributed by atoms with E-state index in [9.17, 15) is 18.3 Å². The number of carbonyl (C=O) groups is 1. The van der Waals surface area contributed by atoms with E-state index in [0.29, 0.717) is 48.4 Å². The molecule has 0 bridgehead atoms. The van der Waals surface area contributed by atoms with Gasteiger partial charge in [0.05, 0.1) is 11.1 Å². The van der Waals surface area contributed by atoms with Gasteiger partial charge in [-0.25, -0.2) is 8.42 Å². The van der Waals surface area contributed by atoms with E-state index in [-0.39, 0.29) is 22.7 Å². The van der Waals surface area contributed by atoms with Gasteiger partial charge < -0.3 is 21.1 Å². The number of allylic oxidation sites excluding steroid dienone is 1. The van der Waals surface area contributed by atoms with Crippen LogP contribution in [0.15, 0.2) is 71.5 Å². The molecule has 3 aromatic rings. The summed E-state index contributed by atoms with van der Waals surface area (Å²) in [5, 5.41) is 17.8. The molecule has 1 fully saturated rings. The molecule has 182 valence electrons. The highest BCUT2D eigenvalue weighted by molar-refractivity contribution is 7.93. The Morgan fingerprint density at radius 3 is 2.51 bits per heavy atom. The van der Waals surface area contributed by atoms with E-state index in [1.165, 1.54) is 36.7 Å². The van der Waals surface area contributed by atoms with Gasteiger partial charge >= 0.3 is 0 Å². The van der Waals surface area contributed by atoms with Gasteiger partial charge in [-0.05, 0) is 55.3 Å². The van der Waals surface area contributed by atoms with E-state index >= 15 is 0 Å². The van der Waals surface area contributed by atoms with Crippen LogP contribution in [0, 0.1) is 5.41 Å². The zero-order valence-corrected chi connectivity index (χ0v) is 19.7. The smallest absolute Gasteiger partial charge is 0.264 e. The quantitative estimate of drug-likeness (QED) is 0.366. The number of carbonyl (C=O) groups excluding carboxylic acids is 1. The van der Waals surface area contributed by atoms with Crippen LogP contribution in [0.5, 0.6) is 0 Å². The Morgan fingerprint density at radius 1 is 1.14 bits per heavy atom. The first-order valence-electron chi connectivity index (χ1n) is 11.0. The standard InChI is InChI=1S/C24H26N6O4S/c25-11-8-18(26)16-24(32)9-14-30(15-10-24)23(31)17-4-6-19(7-5-17)29-35(33,34)21-3-1-2-20-22(21)28-13-12-27-20/h1-8,11-13,25,29,32H,9-10,14-16,26H2. The Morgan fingerprint density at radius 2 is 1.83 bits per heavy atom. The largest absolute Gasteiger partial charge is 0.402 e. The van der Waals surface area contributed by atoms with Crippen molar-refractivity contribution in [2.75, 3.05) is 17.8 Å².